The minimum Gasteiger partial charge on any atom is -0.468 e. The van der Waals surface area contributed by atoms with Gasteiger partial charge in [0.15, 0.2) is 0 Å². The van der Waals surface area contributed by atoms with Gasteiger partial charge in [0.2, 0.25) is 0 Å². The van der Waals surface area contributed by atoms with Crippen LogP contribution in [0.2, 0.25) is 0 Å². The zero-order chi connectivity index (χ0) is 14.3. The normalized spacial score (nSPS) is 10.3. The predicted octanol–water partition coefficient (Wildman–Crippen LogP) is 1.60. The highest BCUT2D eigenvalue weighted by Gasteiger charge is 2.15. The first-order valence-electron chi connectivity index (χ1n) is 5.65. The maximum absolute atomic E-state index is 11.3. The Bertz CT molecular complexity index is 432. The van der Waals surface area contributed by atoms with E-state index in [-0.39, 0.29) is 25.0 Å². The average molecular weight is 330 g/mol. The van der Waals surface area contributed by atoms with Gasteiger partial charge in [-0.1, -0.05) is 28.1 Å². The fraction of sp³-hybridized carbons (Fsp3) is 0.385. The van der Waals surface area contributed by atoms with Crippen molar-refractivity contribution < 1.29 is 19.1 Å². The molecule has 0 radical (unpaired) electrons. The predicted molar refractivity (Wildman–Crippen MR) is 73.5 cm³/mol. The first-order chi connectivity index (χ1) is 9.05. The lowest BCUT2D eigenvalue weighted by molar-refractivity contribution is -0.145. The van der Waals surface area contributed by atoms with Gasteiger partial charge in [-0.2, -0.15) is 0 Å². The molecule has 0 amide bonds. The van der Waals surface area contributed by atoms with Crippen LogP contribution in [0.5, 0.6) is 0 Å². The average Bonchev–Trinajstić information content (AvgIpc) is 2.38. The van der Waals surface area contributed by atoms with E-state index in [4.69, 9.17) is 0 Å². The van der Waals surface area contributed by atoms with Gasteiger partial charge in [0.1, 0.15) is 0 Å². The van der Waals surface area contributed by atoms with E-state index in [1.165, 1.54) is 14.2 Å². The Morgan fingerprint density at radius 3 is 2.21 bits per heavy atom. The summed E-state index contributed by atoms with van der Waals surface area (Å²) in [5, 5.41) is 0. The van der Waals surface area contributed by atoms with Gasteiger partial charge in [0.05, 0.1) is 27.3 Å². The number of carbonyl (C=O) groups is 2. The third kappa shape index (κ3) is 5.85. The number of hydrogen-bond acceptors (Lipinski definition) is 5. The summed E-state index contributed by atoms with van der Waals surface area (Å²) in [7, 11) is 2.63. The second-order valence-electron chi connectivity index (χ2n) is 3.93. The highest BCUT2D eigenvalue weighted by molar-refractivity contribution is 9.10. The molecule has 0 saturated heterocycles. The Labute approximate surface area is 120 Å². The van der Waals surface area contributed by atoms with Crippen molar-refractivity contribution in [2.45, 2.75) is 6.54 Å². The van der Waals surface area contributed by atoms with Crippen LogP contribution >= 0.6 is 15.9 Å². The Hall–Kier alpha value is -1.40. The number of nitrogens with zero attached hydrogens (tertiary/aromatic N) is 1. The van der Waals surface area contributed by atoms with Crippen LogP contribution in [-0.2, 0) is 25.6 Å². The molecule has 0 aromatic heterocycles. The minimum atomic E-state index is -0.390. The first-order valence-corrected chi connectivity index (χ1v) is 6.45. The van der Waals surface area contributed by atoms with E-state index in [0.717, 1.165) is 10.0 Å². The molecule has 1 aromatic carbocycles. The molecule has 0 heterocycles. The van der Waals surface area contributed by atoms with Crippen LogP contribution < -0.4 is 0 Å². The molecule has 19 heavy (non-hydrogen) atoms. The third-order valence-electron chi connectivity index (χ3n) is 2.46. The molecule has 0 spiro atoms. The largest absolute Gasteiger partial charge is 0.468 e. The number of carbonyl (C=O) groups excluding carboxylic acids is 2. The van der Waals surface area contributed by atoms with Crippen LogP contribution in [0.15, 0.2) is 28.7 Å². The molecular weight excluding hydrogens is 314 g/mol. The summed E-state index contributed by atoms with van der Waals surface area (Å²) in [5.74, 6) is -0.780. The van der Waals surface area contributed by atoms with Gasteiger partial charge in [0, 0.05) is 11.0 Å². The fourth-order valence-corrected chi connectivity index (χ4v) is 2.00. The Kier molecular flexibility index (Phi) is 6.52. The monoisotopic (exact) mass is 329 g/mol. The van der Waals surface area contributed by atoms with Gasteiger partial charge in [-0.15, -0.1) is 0 Å². The van der Waals surface area contributed by atoms with Crippen LogP contribution in [0.1, 0.15) is 5.56 Å². The summed E-state index contributed by atoms with van der Waals surface area (Å²) in [5.41, 5.74) is 0.988. The lowest BCUT2D eigenvalue weighted by Crippen LogP contribution is -2.35. The van der Waals surface area contributed by atoms with Crippen molar-refractivity contribution in [1.29, 1.82) is 0 Å². The molecule has 0 N–H and O–H groups in total. The van der Waals surface area contributed by atoms with E-state index in [1.807, 2.05) is 24.3 Å². The van der Waals surface area contributed by atoms with E-state index in [2.05, 4.69) is 25.4 Å². The van der Waals surface area contributed by atoms with Crippen molar-refractivity contribution in [2.24, 2.45) is 0 Å². The summed E-state index contributed by atoms with van der Waals surface area (Å²) >= 11 is 3.38. The van der Waals surface area contributed by atoms with Gasteiger partial charge >= 0.3 is 11.9 Å². The summed E-state index contributed by atoms with van der Waals surface area (Å²) < 4.78 is 10.2. The second kappa shape index (κ2) is 7.91. The number of ether oxygens (including phenoxy) is 2. The van der Waals surface area contributed by atoms with Gasteiger partial charge in [-0.25, -0.2) is 0 Å². The van der Waals surface area contributed by atoms with Crippen molar-refractivity contribution in [3.8, 4) is 0 Å². The van der Waals surface area contributed by atoms with Crippen molar-refractivity contribution >= 4 is 27.9 Å². The molecule has 0 bridgehead atoms. The van der Waals surface area contributed by atoms with E-state index < -0.39 is 0 Å². The van der Waals surface area contributed by atoms with Gasteiger partial charge in [-0.05, 0) is 17.7 Å². The maximum Gasteiger partial charge on any atom is 0.319 e. The number of halogens is 1. The van der Waals surface area contributed by atoms with Crippen LogP contribution in [-0.4, -0.2) is 44.1 Å². The fourth-order valence-electron chi connectivity index (χ4n) is 1.56. The van der Waals surface area contributed by atoms with E-state index >= 15 is 0 Å². The quantitative estimate of drug-likeness (QED) is 0.742. The molecule has 0 fully saturated rings. The van der Waals surface area contributed by atoms with Crippen molar-refractivity contribution in [2.75, 3.05) is 27.3 Å². The summed E-state index contributed by atoms with van der Waals surface area (Å²) in [6, 6.07) is 7.66. The summed E-state index contributed by atoms with van der Waals surface area (Å²) in [6.07, 6.45) is 0. The van der Waals surface area contributed by atoms with E-state index in [1.54, 1.807) is 4.90 Å². The number of esters is 2. The molecule has 0 atom stereocenters. The Morgan fingerprint density at radius 2 is 1.74 bits per heavy atom. The van der Waals surface area contributed by atoms with Crippen LogP contribution in [0, 0.1) is 0 Å². The van der Waals surface area contributed by atoms with Gasteiger partial charge < -0.3 is 9.47 Å². The third-order valence-corrected chi connectivity index (χ3v) is 2.95. The molecule has 104 valence electrons. The second-order valence-corrected chi connectivity index (χ2v) is 4.84. The molecule has 1 rings (SSSR count). The zero-order valence-corrected chi connectivity index (χ0v) is 12.5. The topological polar surface area (TPSA) is 55.8 Å². The van der Waals surface area contributed by atoms with Crippen molar-refractivity contribution in [3.63, 3.8) is 0 Å². The Morgan fingerprint density at radius 1 is 1.16 bits per heavy atom. The molecule has 6 heteroatoms. The molecule has 0 saturated carbocycles. The number of benzene rings is 1. The highest BCUT2D eigenvalue weighted by atomic mass is 79.9. The minimum absolute atomic E-state index is 0.0398. The SMILES string of the molecule is COC(=O)CN(CC(=O)OC)Cc1cccc(Br)c1. The molecule has 0 unspecified atom stereocenters. The smallest absolute Gasteiger partial charge is 0.319 e. The molecule has 1 aromatic rings. The number of rotatable bonds is 6. The van der Waals surface area contributed by atoms with E-state index in [9.17, 15) is 9.59 Å². The van der Waals surface area contributed by atoms with Crippen LogP contribution in [0.25, 0.3) is 0 Å². The van der Waals surface area contributed by atoms with Crippen molar-refractivity contribution in [3.05, 3.63) is 34.3 Å². The first kappa shape index (κ1) is 15.7. The van der Waals surface area contributed by atoms with Gasteiger partial charge in [0.25, 0.3) is 0 Å². The van der Waals surface area contributed by atoms with E-state index in [0.29, 0.717) is 6.54 Å². The summed E-state index contributed by atoms with van der Waals surface area (Å²) in [4.78, 5) is 24.3. The molecule has 0 aliphatic carbocycles. The Balaban J connectivity index is 2.72. The maximum atomic E-state index is 11.3. The molecule has 0 aliphatic rings. The molecular formula is C13H16BrNO4. The van der Waals surface area contributed by atoms with Crippen LogP contribution in [0.3, 0.4) is 0 Å². The molecule has 5 nitrogen and oxygen atoms in total. The lowest BCUT2D eigenvalue weighted by atomic mass is 10.2. The zero-order valence-electron chi connectivity index (χ0n) is 10.9. The van der Waals surface area contributed by atoms with Crippen molar-refractivity contribution in [1.82, 2.24) is 4.90 Å². The summed E-state index contributed by atoms with van der Waals surface area (Å²) in [6.45, 7) is 0.542. The standard InChI is InChI=1S/C13H16BrNO4/c1-18-12(16)8-15(9-13(17)19-2)7-10-4-3-5-11(14)6-10/h3-6H,7-9H2,1-2H3. The molecule has 0 aliphatic heterocycles. The lowest BCUT2D eigenvalue weighted by Gasteiger charge is -2.19. The van der Waals surface area contributed by atoms with Gasteiger partial charge in [-0.3, -0.25) is 14.5 Å². The van der Waals surface area contributed by atoms with Crippen LogP contribution in [0.4, 0.5) is 0 Å². The number of methoxy groups -OCH3 is 2. The number of hydrogen-bond donors (Lipinski definition) is 0. The highest BCUT2D eigenvalue weighted by Crippen LogP contribution is 2.13.